The van der Waals surface area contributed by atoms with Crippen LogP contribution >= 0.6 is 24.0 Å². The van der Waals surface area contributed by atoms with Crippen molar-refractivity contribution in [1.29, 1.82) is 0 Å². The molecule has 2 nitrogen and oxygen atoms in total. The molecular weight excluding hydrogens is 370 g/mol. The largest absolute Gasteiger partial charge is 0.311 e. The first-order valence-electron chi connectivity index (χ1n) is 8.85. The number of amides is 1. The molecule has 0 radical (unpaired) electrons. The molecule has 1 amide bonds. The molecule has 1 saturated heterocycles. The topological polar surface area (TPSA) is 29.1 Å². The van der Waals surface area contributed by atoms with Crippen molar-refractivity contribution in [3.63, 3.8) is 0 Å². The normalized spacial score (nSPS) is 17.6. The zero-order valence-corrected chi connectivity index (χ0v) is 16.5. The van der Waals surface area contributed by atoms with E-state index in [1.54, 1.807) is 0 Å². The zero-order chi connectivity index (χ0) is 18.8. The predicted octanol–water partition coefficient (Wildman–Crippen LogP) is 5.31. The average molecular weight is 390 g/mol. The van der Waals surface area contributed by atoms with Crippen LogP contribution in [0.1, 0.15) is 22.6 Å². The lowest BCUT2D eigenvalue weighted by molar-refractivity contribution is -0.119. The SMILES string of the molecule is Cc1cccc(C(c2cccc(-c3ccccc3)c2)C2SC(=S)NC2=O)c1. The van der Waals surface area contributed by atoms with E-state index in [9.17, 15) is 4.79 Å². The molecular formula is C23H19NOS2. The number of hydrogen-bond acceptors (Lipinski definition) is 3. The number of thiocarbonyl (C=S) groups is 1. The van der Waals surface area contributed by atoms with Crippen LogP contribution in [0, 0.1) is 6.92 Å². The summed E-state index contributed by atoms with van der Waals surface area (Å²) in [6.07, 6.45) is 0. The fourth-order valence-electron chi connectivity index (χ4n) is 3.54. The quantitative estimate of drug-likeness (QED) is 0.613. The highest BCUT2D eigenvalue weighted by Gasteiger charge is 2.37. The molecule has 27 heavy (non-hydrogen) atoms. The molecule has 1 aliphatic heterocycles. The number of carbonyl (C=O) groups excluding carboxylic acids is 1. The van der Waals surface area contributed by atoms with E-state index in [1.807, 2.05) is 18.2 Å². The Kier molecular flexibility index (Phi) is 5.10. The van der Waals surface area contributed by atoms with Crippen molar-refractivity contribution in [1.82, 2.24) is 5.32 Å². The molecule has 3 aromatic rings. The maximum atomic E-state index is 12.6. The van der Waals surface area contributed by atoms with Gasteiger partial charge in [-0.1, -0.05) is 108 Å². The number of benzene rings is 3. The van der Waals surface area contributed by atoms with Gasteiger partial charge in [-0.25, -0.2) is 0 Å². The summed E-state index contributed by atoms with van der Waals surface area (Å²) in [4.78, 5) is 12.6. The fraction of sp³-hybridized carbons (Fsp3) is 0.130. The van der Waals surface area contributed by atoms with Crippen molar-refractivity contribution >= 4 is 34.2 Å². The van der Waals surface area contributed by atoms with E-state index in [1.165, 1.54) is 22.9 Å². The summed E-state index contributed by atoms with van der Waals surface area (Å²) in [5.74, 6) is -0.0689. The second-order valence-electron chi connectivity index (χ2n) is 6.70. The Hall–Kier alpha value is -2.43. The number of rotatable bonds is 4. The van der Waals surface area contributed by atoms with Gasteiger partial charge in [0.25, 0.3) is 0 Å². The highest BCUT2D eigenvalue weighted by molar-refractivity contribution is 8.24. The maximum Gasteiger partial charge on any atom is 0.239 e. The van der Waals surface area contributed by atoms with Crippen molar-refractivity contribution < 1.29 is 4.79 Å². The third kappa shape index (κ3) is 3.82. The summed E-state index contributed by atoms with van der Waals surface area (Å²) < 4.78 is 0.557. The van der Waals surface area contributed by atoms with Gasteiger partial charge in [0.1, 0.15) is 9.57 Å². The van der Waals surface area contributed by atoms with Crippen molar-refractivity contribution in [2.24, 2.45) is 0 Å². The van der Waals surface area contributed by atoms with Gasteiger partial charge in [-0.3, -0.25) is 4.79 Å². The summed E-state index contributed by atoms with van der Waals surface area (Å²) >= 11 is 6.70. The Bertz CT molecular complexity index is 1000. The monoisotopic (exact) mass is 389 g/mol. The van der Waals surface area contributed by atoms with E-state index in [0.29, 0.717) is 4.32 Å². The molecule has 1 aliphatic rings. The van der Waals surface area contributed by atoms with Gasteiger partial charge in [-0.2, -0.15) is 0 Å². The molecule has 2 unspecified atom stereocenters. The van der Waals surface area contributed by atoms with Crippen molar-refractivity contribution in [2.75, 3.05) is 0 Å². The summed E-state index contributed by atoms with van der Waals surface area (Å²) in [6.45, 7) is 2.08. The zero-order valence-electron chi connectivity index (χ0n) is 14.9. The summed E-state index contributed by atoms with van der Waals surface area (Å²) in [7, 11) is 0. The summed E-state index contributed by atoms with van der Waals surface area (Å²) in [6, 6.07) is 27.2. The lowest BCUT2D eigenvalue weighted by atomic mass is 9.86. The lowest BCUT2D eigenvalue weighted by Crippen LogP contribution is -2.29. The van der Waals surface area contributed by atoms with Gasteiger partial charge < -0.3 is 5.32 Å². The first-order valence-corrected chi connectivity index (χ1v) is 10.1. The molecule has 1 N–H and O–H groups in total. The molecule has 1 fully saturated rings. The molecule has 0 bridgehead atoms. The Morgan fingerprint density at radius 2 is 1.56 bits per heavy atom. The van der Waals surface area contributed by atoms with E-state index in [0.717, 1.165) is 16.7 Å². The van der Waals surface area contributed by atoms with Crippen LogP contribution in [0.15, 0.2) is 78.9 Å². The molecule has 0 aromatic heterocycles. The summed E-state index contributed by atoms with van der Waals surface area (Å²) in [5.41, 5.74) is 5.76. The van der Waals surface area contributed by atoms with E-state index >= 15 is 0 Å². The van der Waals surface area contributed by atoms with Gasteiger partial charge in [0.05, 0.1) is 0 Å². The minimum Gasteiger partial charge on any atom is -0.311 e. The minimum absolute atomic E-state index is 0.0124. The third-order valence-electron chi connectivity index (χ3n) is 4.77. The number of thioether (sulfide) groups is 1. The van der Waals surface area contributed by atoms with Crippen LogP contribution in [-0.2, 0) is 4.79 Å². The minimum atomic E-state index is -0.259. The Morgan fingerprint density at radius 3 is 2.22 bits per heavy atom. The van der Waals surface area contributed by atoms with Crippen molar-refractivity contribution in [2.45, 2.75) is 18.1 Å². The highest BCUT2D eigenvalue weighted by atomic mass is 32.2. The molecule has 4 heteroatoms. The number of hydrogen-bond donors (Lipinski definition) is 1. The number of nitrogens with one attached hydrogen (secondary N) is 1. The van der Waals surface area contributed by atoms with E-state index in [4.69, 9.17) is 12.2 Å². The third-order valence-corrected chi connectivity index (χ3v) is 6.22. The van der Waals surface area contributed by atoms with Gasteiger partial charge >= 0.3 is 0 Å². The van der Waals surface area contributed by atoms with Gasteiger partial charge in [0, 0.05) is 5.92 Å². The molecule has 2 atom stereocenters. The average Bonchev–Trinajstić information content (AvgIpc) is 3.01. The van der Waals surface area contributed by atoms with Crippen LogP contribution in [0.4, 0.5) is 0 Å². The smallest absolute Gasteiger partial charge is 0.239 e. The predicted molar refractivity (Wildman–Crippen MR) is 117 cm³/mol. The number of aryl methyl sites for hydroxylation is 1. The van der Waals surface area contributed by atoms with Crippen LogP contribution in [0.2, 0.25) is 0 Å². The first kappa shape index (κ1) is 18.0. The Morgan fingerprint density at radius 1 is 0.889 bits per heavy atom. The van der Waals surface area contributed by atoms with Crippen LogP contribution in [0.25, 0.3) is 11.1 Å². The van der Waals surface area contributed by atoms with Crippen molar-refractivity contribution in [3.05, 3.63) is 95.6 Å². The standard InChI is InChI=1S/C23H19NOS2/c1-15-7-5-11-18(13-15)20(21-22(25)24-23(26)27-21)19-12-6-10-17(14-19)16-8-3-2-4-9-16/h2-14,20-21H,1H3,(H,24,25,26). The molecule has 0 saturated carbocycles. The van der Waals surface area contributed by atoms with Crippen LogP contribution < -0.4 is 5.32 Å². The molecule has 4 rings (SSSR count). The van der Waals surface area contributed by atoms with Crippen LogP contribution in [0.3, 0.4) is 0 Å². The molecule has 1 heterocycles. The first-order chi connectivity index (χ1) is 13.1. The van der Waals surface area contributed by atoms with Crippen LogP contribution in [0.5, 0.6) is 0 Å². The van der Waals surface area contributed by atoms with Gasteiger partial charge in [-0.05, 0) is 29.2 Å². The molecule has 0 spiro atoms. The van der Waals surface area contributed by atoms with Gasteiger partial charge in [0.2, 0.25) is 5.91 Å². The lowest BCUT2D eigenvalue weighted by Gasteiger charge is -2.23. The Labute approximate surface area is 169 Å². The van der Waals surface area contributed by atoms with Crippen molar-refractivity contribution in [3.8, 4) is 11.1 Å². The molecule has 134 valence electrons. The highest BCUT2D eigenvalue weighted by Crippen LogP contribution is 2.39. The van der Waals surface area contributed by atoms with Gasteiger partial charge in [-0.15, -0.1) is 0 Å². The number of carbonyl (C=O) groups is 1. The van der Waals surface area contributed by atoms with Crippen LogP contribution in [-0.4, -0.2) is 15.5 Å². The molecule has 3 aromatic carbocycles. The summed E-state index contributed by atoms with van der Waals surface area (Å²) in [5, 5.41) is 2.54. The second kappa shape index (κ2) is 7.67. The maximum absolute atomic E-state index is 12.6. The van der Waals surface area contributed by atoms with E-state index < -0.39 is 0 Å². The second-order valence-corrected chi connectivity index (χ2v) is 8.52. The molecule has 0 aliphatic carbocycles. The Balaban J connectivity index is 1.82. The fourth-order valence-corrected chi connectivity index (χ4v) is 4.96. The van der Waals surface area contributed by atoms with Gasteiger partial charge in [0.15, 0.2) is 0 Å². The van der Waals surface area contributed by atoms with E-state index in [-0.39, 0.29) is 17.1 Å². The van der Waals surface area contributed by atoms with E-state index in [2.05, 4.69) is 72.9 Å².